The molecular weight excluding hydrogens is 1490 g/mol. The van der Waals surface area contributed by atoms with E-state index < -0.39 is 0 Å². The van der Waals surface area contributed by atoms with E-state index in [0.29, 0.717) is 54.1 Å². The number of hydrogen-bond donors (Lipinski definition) is 0. The van der Waals surface area contributed by atoms with Crippen LogP contribution in [0.1, 0.15) is 588 Å². The third kappa shape index (κ3) is 39.6. The lowest BCUT2D eigenvalue weighted by atomic mass is 9.46. The first kappa shape index (κ1) is 127. The van der Waals surface area contributed by atoms with Crippen LogP contribution in [0, 0.1) is 173 Å². The van der Waals surface area contributed by atoms with Crippen molar-refractivity contribution in [2.45, 2.75) is 588 Å². The van der Waals surface area contributed by atoms with Crippen LogP contribution < -0.4 is 0 Å². The summed E-state index contributed by atoms with van der Waals surface area (Å²) < 4.78 is 0. The highest BCUT2D eigenvalue weighted by Crippen LogP contribution is 2.72. The molecule has 0 nitrogen and oxygen atoms in total. The Morgan fingerprint density at radius 2 is 0.573 bits per heavy atom. The summed E-state index contributed by atoms with van der Waals surface area (Å²) >= 11 is 0. The smallest absolute Gasteiger partial charge is 0.0172 e. The van der Waals surface area contributed by atoms with Crippen molar-refractivity contribution in [2.75, 3.05) is 0 Å². The third-order valence-corrected chi connectivity index (χ3v) is 34.8. The fourth-order valence-electron chi connectivity index (χ4n) is 29.2. The Labute approximate surface area is 792 Å². The van der Waals surface area contributed by atoms with Gasteiger partial charge in [0.25, 0.3) is 0 Å². The average molecular weight is 1740 g/mol. The van der Waals surface area contributed by atoms with Gasteiger partial charge in [0.1, 0.15) is 0 Å². The average Bonchev–Trinajstić information content (AvgIpc) is 1.53. The van der Waals surface area contributed by atoms with Gasteiger partial charge in [0, 0.05) is 0 Å². The number of rotatable bonds is 0. The molecule has 0 radical (unpaired) electrons. The summed E-state index contributed by atoms with van der Waals surface area (Å²) in [4.78, 5) is 0. The van der Waals surface area contributed by atoms with Gasteiger partial charge in [-0.15, -0.1) is 0 Å². The highest BCUT2D eigenvalue weighted by atomic mass is 14.7. The minimum atomic E-state index is 0.498. The fourth-order valence-corrected chi connectivity index (χ4v) is 29.2. The lowest BCUT2D eigenvalue weighted by molar-refractivity contribution is -0.0876. The van der Waals surface area contributed by atoms with Crippen LogP contribution in [0.2, 0.25) is 0 Å². The maximum absolute atomic E-state index is 2.54. The second kappa shape index (κ2) is 64.2. The van der Waals surface area contributed by atoms with Gasteiger partial charge >= 0.3 is 0 Å². The molecule has 18 fully saturated rings. The highest BCUT2D eigenvalue weighted by Gasteiger charge is 2.65. The molecule has 16 atom stereocenters. The zero-order valence-corrected chi connectivity index (χ0v) is 95.7. The lowest BCUT2D eigenvalue weighted by Gasteiger charge is -2.59. The lowest BCUT2D eigenvalue weighted by Crippen LogP contribution is -2.49. The standard InChI is InChI=1S/C14H22.C13H22.2C12H20.C9H16.C8H16.2C8H14.C7H14.C7H12.13C2H6/c1-14(2)7-10-6-11(14)13-9-4-3-8(5-9)12(10)13;1-13(2)8-9-7-12(13)11-6-4-3-5-10(9)11;1-12(2)10-4-8-3-9(6-10)7-11(12)5-8;1-12(2)7-8-6-11(12)10-5-3-4-9(8)10;1-9(2)6-7-3-4-8(9)5-7;3*1-8(2)6-4-3-5-7-8;2*1-7(2)5-3-4-6-7;13*1-2/h8-13H,3-7H2,1-2H3;9-12H,3-8H2,1-2H3;2*8-11H,3-7H2,1-2H3;7-8H,3-6H2,1-2H3;3-7H2,1-2H3;4,6H,3,5,7H2,1-2H3;3-4H,5-7H2,1-2H3;3-6H2,1-2H3;3,5H,4,6H2,1-2H3;13*1-2H3. The maximum Gasteiger partial charge on any atom is -0.0172 e. The molecule has 0 saturated heterocycles. The molecule has 0 heterocycles. The van der Waals surface area contributed by atoms with Gasteiger partial charge in [-0.25, -0.2) is 0 Å². The first-order valence-electron chi connectivity index (χ1n) is 57.9. The fraction of sp³-hybridized carbons (Fsp3) is 0.952. The van der Waals surface area contributed by atoms with E-state index >= 15 is 0 Å². The van der Waals surface area contributed by atoms with Gasteiger partial charge < -0.3 is 0 Å². The van der Waals surface area contributed by atoms with Crippen LogP contribution in [-0.2, 0) is 0 Å². The molecule has 16 unspecified atom stereocenters. The summed E-state index contributed by atoms with van der Waals surface area (Å²) in [5.41, 5.74) is 6.50. The van der Waals surface area contributed by atoms with Crippen molar-refractivity contribution in [2.24, 2.45) is 173 Å². The summed E-state index contributed by atoms with van der Waals surface area (Å²) in [5, 5.41) is 0. The van der Waals surface area contributed by atoms with Crippen molar-refractivity contribution in [3.05, 3.63) is 36.5 Å². The van der Waals surface area contributed by atoms with Gasteiger partial charge in [-0.3, -0.25) is 0 Å². The van der Waals surface area contributed by atoms with Crippen LogP contribution in [-0.4, -0.2) is 0 Å². The summed E-state index contributed by atoms with van der Waals surface area (Å²) in [7, 11) is 0. The molecule has 0 amide bonds. The second-order valence-electron chi connectivity index (χ2n) is 47.1. The number of fused-ring (bicyclic) bond motifs is 21. The van der Waals surface area contributed by atoms with Gasteiger partial charge in [-0.2, -0.15) is 0 Å². The molecule has 21 aliphatic rings. The van der Waals surface area contributed by atoms with Crippen LogP contribution in [0.4, 0.5) is 0 Å². The molecule has 124 heavy (non-hydrogen) atoms. The minimum Gasteiger partial charge on any atom is -0.0885 e. The maximum atomic E-state index is 2.54. The van der Waals surface area contributed by atoms with E-state index in [9.17, 15) is 0 Å². The van der Waals surface area contributed by atoms with E-state index in [1.54, 1.807) is 128 Å². The Kier molecular flexibility index (Phi) is 66.0. The number of allylic oxidation sites excluding steroid dienone is 6. The Morgan fingerprint density at radius 1 is 0.210 bits per heavy atom. The van der Waals surface area contributed by atoms with Crippen molar-refractivity contribution >= 4 is 0 Å². The summed E-state index contributed by atoms with van der Waals surface area (Å²) in [6.45, 7) is 100. The Morgan fingerprint density at radius 3 is 0.879 bits per heavy atom. The molecular formula is C124H248. The summed E-state index contributed by atoms with van der Waals surface area (Å²) in [5.74, 6) is 22.8. The molecule has 21 aliphatic carbocycles. The zero-order chi connectivity index (χ0) is 96.5. The van der Waals surface area contributed by atoms with Crippen LogP contribution in [0.15, 0.2) is 36.5 Å². The Balaban J connectivity index is -0.00000128. The molecule has 0 aliphatic heterocycles. The van der Waals surface area contributed by atoms with E-state index in [1.807, 2.05) is 180 Å². The van der Waals surface area contributed by atoms with Crippen LogP contribution in [0.25, 0.3) is 0 Å². The first-order chi connectivity index (χ1) is 58.9. The molecule has 0 aromatic carbocycles. The quantitative estimate of drug-likeness (QED) is 0.168. The van der Waals surface area contributed by atoms with E-state index in [0.717, 1.165) is 88.8 Å². The van der Waals surface area contributed by atoms with Gasteiger partial charge in [-0.05, 0) is 384 Å². The Bertz CT molecular complexity index is 2540. The van der Waals surface area contributed by atoms with Gasteiger partial charge in [0.2, 0.25) is 0 Å². The predicted octanol–water partition coefficient (Wildman–Crippen LogP) is 44.1. The van der Waals surface area contributed by atoms with Gasteiger partial charge in [0.15, 0.2) is 0 Å². The van der Waals surface area contributed by atoms with E-state index in [1.165, 1.54) is 171 Å². The second-order valence-corrected chi connectivity index (χ2v) is 47.1. The third-order valence-electron chi connectivity index (χ3n) is 34.8. The molecule has 0 aromatic heterocycles. The van der Waals surface area contributed by atoms with Gasteiger partial charge in [0.05, 0.1) is 0 Å². The van der Waals surface area contributed by atoms with E-state index in [4.69, 9.17) is 0 Å². The van der Waals surface area contributed by atoms with Crippen molar-refractivity contribution in [3.8, 4) is 0 Å². The van der Waals surface area contributed by atoms with Crippen molar-refractivity contribution in [1.82, 2.24) is 0 Å². The van der Waals surface area contributed by atoms with Crippen molar-refractivity contribution < 1.29 is 0 Å². The first-order valence-corrected chi connectivity index (χ1v) is 57.9. The Hall–Kier alpha value is -0.780. The normalized spacial score (nSPS) is 35.2. The SMILES string of the molecule is CC.CC.CC.CC.CC.CC.CC.CC.CC.CC.CC.CC.CC.CC1(C)C2CC3CC(C2)CC1C3.CC1(C)C=CCC1.CC1(C)C=CCCC1.CC1(C)CC2CC1C1C3CCC(C3)C21.CC1(C)CC2CC1C1CCCC21.CC1(C)CC2CC1C1CCCCC21.CC1(C)CC2CCC1C2.CC1(C)CC=CCC1.CC1(C)CCCC1.CC1(C)CCCCC1. The summed E-state index contributed by atoms with van der Waals surface area (Å²) in [6, 6.07) is 0. The minimum absolute atomic E-state index is 0.498. The van der Waals surface area contributed by atoms with E-state index in [2.05, 4.69) is 175 Å². The highest BCUT2D eigenvalue weighted by molar-refractivity contribution is 5.14. The van der Waals surface area contributed by atoms with Gasteiger partial charge in [-0.1, -0.05) is 413 Å². The monoisotopic (exact) mass is 1740 g/mol. The molecule has 14 bridgehead atoms. The van der Waals surface area contributed by atoms with E-state index in [-0.39, 0.29) is 0 Å². The molecule has 0 aromatic rings. The largest absolute Gasteiger partial charge is 0.0885 e. The topological polar surface area (TPSA) is 0 Å². The number of hydrogen-bond acceptors (Lipinski definition) is 0. The van der Waals surface area contributed by atoms with Crippen LogP contribution >= 0.6 is 0 Å². The molecule has 0 heteroatoms. The molecule has 0 spiro atoms. The summed E-state index contributed by atoms with van der Waals surface area (Å²) in [6.07, 6.45) is 76.6. The molecule has 744 valence electrons. The van der Waals surface area contributed by atoms with Crippen molar-refractivity contribution in [1.29, 1.82) is 0 Å². The van der Waals surface area contributed by atoms with Crippen LogP contribution in [0.3, 0.4) is 0 Å². The molecule has 18 saturated carbocycles. The molecule has 21 rings (SSSR count). The van der Waals surface area contributed by atoms with Crippen LogP contribution in [0.5, 0.6) is 0 Å². The van der Waals surface area contributed by atoms with Crippen molar-refractivity contribution in [3.63, 3.8) is 0 Å². The zero-order valence-electron chi connectivity index (χ0n) is 95.7. The predicted molar refractivity (Wildman–Crippen MR) is 576 cm³/mol. The molecule has 0 N–H and O–H groups in total.